The molecule has 0 saturated carbocycles. The third-order valence-electron chi connectivity index (χ3n) is 3.02. The number of hydrogen-bond donors (Lipinski definition) is 1. The first-order chi connectivity index (χ1) is 9.05. The lowest BCUT2D eigenvalue weighted by molar-refractivity contribution is 0.602. The van der Waals surface area contributed by atoms with Crippen LogP contribution in [0.25, 0.3) is 22.2 Å². The molecule has 0 aliphatic carbocycles. The van der Waals surface area contributed by atoms with Crippen molar-refractivity contribution in [2.75, 3.05) is 6.26 Å². The standard InChI is InChI=1S/C14H12N2O2S/c1-19(17,18)11-5-2-4-10(8-11)12-6-3-7-13-14(12)16-9-15-13/h2-9H,1H3,(H,15,16). The molecule has 0 bridgehead atoms. The lowest BCUT2D eigenvalue weighted by Gasteiger charge is -2.05. The maximum atomic E-state index is 11.6. The second kappa shape index (κ2) is 4.20. The van der Waals surface area contributed by atoms with Crippen LogP contribution in [0, 0.1) is 0 Å². The molecule has 0 aliphatic rings. The predicted octanol–water partition coefficient (Wildman–Crippen LogP) is 2.63. The number of benzene rings is 2. The Morgan fingerprint density at radius 2 is 1.89 bits per heavy atom. The molecule has 19 heavy (non-hydrogen) atoms. The van der Waals surface area contributed by atoms with E-state index >= 15 is 0 Å². The zero-order valence-electron chi connectivity index (χ0n) is 10.3. The van der Waals surface area contributed by atoms with Gasteiger partial charge in [-0.15, -0.1) is 0 Å². The van der Waals surface area contributed by atoms with Gasteiger partial charge in [-0.1, -0.05) is 24.3 Å². The Balaban J connectivity index is 2.25. The molecule has 0 spiro atoms. The van der Waals surface area contributed by atoms with Crippen LogP contribution in [0.2, 0.25) is 0 Å². The third kappa shape index (κ3) is 2.13. The normalized spacial score (nSPS) is 11.8. The van der Waals surface area contributed by atoms with E-state index in [1.165, 1.54) is 6.26 Å². The van der Waals surface area contributed by atoms with E-state index in [0.29, 0.717) is 4.90 Å². The van der Waals surface area contributed by atoms with Crippen molar-refractivity contribution in [3.8, 4) is 11.1 Å². The summed E-state index contributed by atoms with van der Waals surface area (Å²) in [6.07, 6.45) is 2.84. The molecule has 0 fully saturated rings. The molecular formula is C14H12N2O2S. The molecule has 96 valence electrons. The molecule has 3 rings (SSSR count). The Morgan fingerprint density at radius 1 is 1.11 bits per heavy atom. The van der Waals surface area contributed by atoms with Crippen LogP contribution < -0.4 is 0 Å². The molecule has 0 aliphatic heterocycles. The summed E-state index contributed by atoms with van der Waals surface area (Å²) in [7, 11) is -3.20. The molecule has 0 saturated heterocycles. The number of nitrogens with one attached hydrogen (secondary N) is 1. The van der Waals surface area contributed by atoms with Crippen molar-refractivity contribution in [1.29, 1.82) is 0 Å². The van der Waals surface area contributed by atoms with Gasteiger partial charge in [0.15, 0.2) is 9.84 Å². The fourth-order valence-corrected chi connectivity index (χ4v) is 2.76. The number of aromatic amines is 1. The Morgan fingerprint density at radius 3 is 2.68 bits per heavy atom. The van der Waals surface area contributed by atoms with Gasteiger partial charge in [0.05, 0.1) is 22.3 Å². The third-order valence-corrected chi connectivity index (χ3v) is 4.13. The Bertz CT molecular complexity index is 851. The first kappa shape index (κ1) is 11.9. The summed E-state index contributed by atoms with van der Waals surface area (Å²) in [5.74, 6) is 0. The van der Waals surface area contributed by atoms with Crippen LogP contribution in [-0.4, -0.2) is 24.6 Å². The largest absolute Gasteiger partial charge is 0.345 e. The van der Waals surface area contributed by atoms with Crippen molar-refractivity contribution in [3.63, 3.8) is 0 Å². The van der Waals surface area contributed by atoms with Crippen LogP contribution in [0.5, 0.6) is 0 Å². The van der Waals surface area contributed by atoms with E-state index in [1.807, 2.05) is 24.3 Å². The van der Waals surface area contributed by atoms with E-state index < -0.39 is 9.84 Å². The average Bonchev–Trinajstić information content (AvgIpc) is 2.86. The number of nitrogens with zero attached hydrogens (tertiary/aromatic N) is 1. The van der Waals surface area contributed by atoms with Gasteiger partial charge in [-0.3, -0.25) is 0 Å². The lowest BCUT2D eigenvalue weighted by atomic mass is 10.0. The fraction of sp³-hybridized carbons (Fsp3) is 0.0714. The van der Waals surface area contributed by atoms with Crippen molar-refractivity contribution < 1.29 is 8.42 Å². The second-order valence-corrected chi connectivity index (χ2v) is 6.42. The highest BCUT2D eigenvalue weighted by Gasteiger charge is 2.10. The highest BCUT2D eigenvalue weighted by molar-refractivity contribution is 7.90. The molecule has 0 unspecified atom stereocenters. The van der Waals surface area contributed by atoms with Gasteiger partial charge in [0, 0.05) is 11.8 Å². The molecule has 1 aromatic heterocycles. The number of imidazole rings is 1. The monoisotopic (exact) mass is 272 g/mol. The molecule has 0 radical (unpaired) electrons. The van der Waals surface area contributed by atoms with E-state index in [9.17, 15) is 8.42 Å². The molecule has 3 aromatic rings. The van der Waals surface area contributed by atoms with Gasteiger partial charge >= 0.3 is 0 Å². The summed E-state index contributed by atoms with van der Waals surface area (Å²) in [5, 5.41) is 0. The van der Waals surface area contributed by atoms with E-state index in [4.69, 9.17) is 0 Å². The minimum atomic E-state index is -3.20. The van der Waals surface area contributed by atoms with Gasteiger partial charge in [-0.05, 0) is 23.8 Å². The number of H-pyrrole nitrogens is 1. The summed E-state index contributed by atoms with van der Waals surface area (Å²) in [4.78, 5) is 7.64. The zero-order chi connectivity index (χ0) is 13.5. The molecule has 1 heterocycles. The summed E-state index contributed by atoms with van der Waals surface area (Å²) in [5.41, 5.74) is 3.54. The number of para-hydroxylation sites is 1. The number of aromatic nitrogens is 2. The Kier molecular flexibility index (Phi) is 2.64. The first-order valence-electron chi connectivity index (χ1n) is 5.78. The SMILES string of the molecule is CS(=O)(=O)c1cccc(-c2cccc3[nH]cnc23)c1. The maximum absolute atomic E-state index is 11.6. The van der Waals surface area contributed by atoms with Gasteiger partial charge < -0.3 is 4.98 Å². The smallest absolute Gasteiger partial charge is 0.175 e. The molecule has 0 amide bonds. The van der Waals surface area contributed by atoms with Crippen LogP contribution in [0.4, 0.5) is 0 Å². The number of hydrogen-bond acceptors (Lipinski definition) is 3. The van der Waals surface area contributed by atoms with E-state index in [-0.39, 0.29) is 0 Å². The van der Waals surface area contributed by atoms with Gasteiger partial charge in [0.1, 0.15) is 0 Å². The van der Waals surface area contributed by atoms with Crippen molar-refractivity contribution in [2.45, 2.75) is 4.90 Å². The maximum Gasteiger partial charge on any atom is 0.175 e. The van der Waals surface area contributed by atoms with E-state index in [2.05, 4.69) is 9.97 Å². The molecule has 5 heteroatoms. The number of sulfone groups is 1. The highest BCUT2D eigenvalue weighted by Crippen LogP contribution is 2.27. The van der Waals surface area contributed by atoms with Crippen LogP contribution in [0.15, 0.2) is 53.7 Å². The van der Waals surface area contributed by atoms with Gasteiger partial charge in [0.25, 0.3) is 0 Å². The van der Waals surface area contributed by atoms with Gasteiger partial charge in [-0.25, -0.2) is 13.4 Å². The van der Waals surface area contributed by atoms with Crippen LogP contribution in [-0.2, 0) is 9.84 Å². The molecular weight excluding hydrogens is 260 g/mol. The fourth-order valence-electron chi connectivity index (χ4n) is 2.09. The van der Waals surface area contributed by atoms with E-state index in [1.54, 1.807) is 24.5 Å². The van der Waals surface area contributed by atoms with Crippen LogP contribution in [0.3, 0.4) is 0 Å². The van der Waals surface area contributed by atoms with Crippen LogP contribution in [0.1, 0.15) is 0 Å². The minimum absolute atomic E-state index is 0.317. The van der Waals surface area contributed by atoms with Crippen LogP contribution >= 0.6 is 0 Å². The van der Waals surface area contributed by atoms with Gasteiger partial charge in [0.2, 0.25) is 0 Å². The van der Waals surface area contributed by atoms with Crippen molar-refractivity contribution >= 4 is 20.9 Å². The summed E-state index contributed by atoms with van der Waals surface area (Å²) < 4.78 is 23.2. The summed E-state index contributed by atoms with van der Waals surface area (Å²) in [6, 6.07) is 12.7. The molecule has 2 aromatic carbocycles. The van der Waals surface area contributed by atoms with Crippen molar-refractivity contribution in [2.24, 2.45) is 0 Å². The minimum Gasteiger partial charge on any atom is -0.345 e. The number of rotatable bonds is 2. The molecule has 4 nitrogen and oxygen atoms in total. The predicted molar refractivity (Wildman–Crippen MR) is 74.6 cm³/mol. The summed E-state index contributed by atoms with van der Waals surface area (Å²) in [6.45, 7) is 0. The van der Waals surface area contributed by atoms with Gasteiger partial charge in [-0.2, -0.15) is 0 Å². The Labute approximate surface area is 111 Å². The second-order valence-electron chi connectivity index (χ2n) is 4.40. The van der Waals surface area contributed by atoms with Crippen molar-refractivity contribution in [1.82, 2.24) is 9.97 Å². The average molecular weight is 272 g/mol. The molecule has 0 atom stereocenters. The zero-order valence-corrected chi connectivity index (χ0v) is 11.1. The van der Waals surface area contributed by atoms with Crippen molar-refractivity contribution in [3.05, 3.63) is 48.8 Å². The lowest BCUT2D eigenvalue weighted by Crippen LogP contribution is -1.96. The van der Waals surface area contributed by atoms with E-state index in [0.717, 1.165) is 22.2 Å². The summed E-state index contributed by atoms with van der Waals surface area (Å²) >= 11 is 0. The Hall–Kier alpha value is -2.14. The number of fused-ring (bicyclic) bond motifs is 1. The molecule has 1 N–H and O–H groups in total. The first-order valence-corrected chi connectivity index (χ1v) is 7.67. The highest BCUT2D eigenvalue weighted by atomic mass is 32.2. The topological polar surface area (TPSA) is 62.8 Å². The quantitative estimate of drug-likeness (QED) is 0.780.